The van der Waals surface area contributed by atoms with Crippen LogP contribution in [0, 0.1) is 6.92 Å². The summed E-state index contributed by atoms with van der Waals surface area (Å²) in [4.78, 5) is 24.2. The van der Waals surface area contributed by atoms with Gasteiger partial charge in [0.2, 0.25) is 18.2 Å². The van der Waals surface area contributed by atoms with E-state index in [0.29, 0.717) is 22.7 Å². The number of hydrogen-bond acceptors (Lipinski definition) is 5. The van der Waals surface area contributed by atoms with Gasteiger partial charge < -0.3 is 9.73 Å². The first kappa shape index (κ1) is 16.6. The maximum atomic E-state index is 12.1. The number of nitrogens with one attached hydrogen (secondary N) is 1. The van der Waals surface area contributed by atoms with Crippen molar-refractivity contribution in [2.45, 2.75) is 19.8 Å². The lowest BCUT2D eigenvalue weighted by Gasteiger charge is -2.06. The number of benzene rings is 2. The minimum absolute atomic E-state index is 0.0465. The van der Waals surface area contributed by atoms with Crippen molar-refractivity contribution in [1.82, 2.24) is 10.2 Å². The van der Waals surface area contributed by atoms with Crippen LogP contribution in [0.15, 0.2) is 59.3 Å². The fraction of sp³-hybridized carbons (Fsp3) is 0.158. The molecule has 2 aromatic carbocycles. The number of carbonyl (C=O) groups excluding carboxylic acids is 2. The minimum atomic E-state index is -0.219. The van der Waals surface area contributed by atoms with Crippen LogP contribution < -0.4 is 5.32 Å². The highest BCUT2D eigenvalue weighted by Gasteiger charge is 2.10. The number of nitrogens with zero attached hydrogens (tertiary/aromatic N) is 2. The Morgan fingerprint density at radius 3 is 2.60 bits per heavy atom. The first-order valence-electron chi connectivity index (χ1n) is 7.88. The van der Waals surface area contributed by atoms with Gasteiger partial charge in [-0.3, -0.25) is 9.59 Å². The molecule has 6 heteroatoms. The molecular weight excluding hydrogens is 318 g/mol. The summed E-state index contributed by atoms with van der Waals surface area (Å²) < 4.78 is 5.14. The maximum Gasteiger partial charge on any atom is 0.247 e. The Balaban J connectivity index is 1.57. The highest BCUT2D eigenvalue weighted by molar-refractivity contribution is 6.00. The molecule has 0 aliphatic rings. The van der Waals surface area contributed by atoms with E-state index in [1.807, 2.05) is 25.1 Å². The van der Waals surface area contributed by atoms with Crippen LogP contribution in [0.2, 0.25) is 0 Å². The average molecular weight is 335 g/mol. The molecule has 0 radical (unpaired) electrons. The quantitative estimate of drug-likeness (QED) is 0.695. The molecule has 1 N–H and O–H groups in total. The summed E-state index contributed by atoms with van der Waals surface area (Å²) in [6.07, 6.45) is 1.53. The second-order valence-corrected chi connectivity index (χ2v) is 5.66. The highest BCUT2D eigenvalue weighted by atomic mass is 16.4. The smallest absolute Gasteiger partial charge is 0.247 e. The number of ketones is 1. The van der Waals surface area contributed by atoms with E-state index in [9.17, 15) is 9.59 Å². The van der Waals surface area contributed by atoms with Gasteiger partial charge in [0.15, 0.2) is 5.78 Å². The summed E-state index contributed by atoms with van der Waals surface area (Å²) in [5, 5.41) is 10.2. The number of anilines is 1. The van der Waals surface area contributed by atoms with Crippen molar-refractivity contribution in [2.75, 3.05) is 5.32 Å². The van der Waals surface area contributed by atoms with Crippen molar-refractivity contribution in [2.24, 2.45) is 0 Å². The second kappa shape index (κ2) is 7.53. The Kier molecular flexibility index (Phi) is 4.99. The normalized spacial score (nSPS) is 10.4. The third-order valence-corrected chi connectivity index (χ3v) is 3.71. The summed E-state index contributed by atoms with van der Waals surface area (Å²) in [5.41, 5.74) is 3.04. The largest absolute Gasteiger partial charge is 0.423 e. The van der Waals surface area contributed by atoms with Crippen LogP contribution in [0.4, 0.5) is 5.69 Å². The molecule has 6 nitrogen and oxygen atoms in total. The standard InChI is InChI=1S/C19H17N3O3/c1-13-5-7-14(8-6-13)17(23)9-10-18(24)21-16-4-2-3-15(11-16)19-22-20-12-25-19/h2-8,11-12H,9-10H2,1H3,(H,21,24). The zero-order chi connectivity index (χ0) is 17.6. The molecular formula is C19H17N3O3. The van der Waals surface area contributed by atoms with E-state index >= 15 is 0 Å². The predicted octanol–water partition coefficient (Wildman–Crippen LogP) is 3.65. The lowest BCUT2D eigenvalue weighted by Crippen LogP contribution is -2.13. The molecule has 0 aliphatic carbocycles. The van der Waals surface area contributed by atoms with Gasteiger partial charge in [-0.05, 0) is 25.1 Å². The van der Waals surface area contributed by atoms with E-state index in [0.717, 1.165) is 5.56 Å². The lowest BCUT2D eigenvalue weighted by atomic mass is 10.0. The summed E-state index contributed by atoms with van der Waals surface area (Å²) in [7, 11) is 0. The minimum Gasteiger partial charge on any atom is -0.423 e. The number of rotatable bonds is 6. The molecule has 3 rings (SSSR count). The topological polar surface area (TPSA) is 85.1 Å². The first-order chi connectivity index (χ1) is 12.1. The van der Waals surface area contributed by atoms with Crippen LogP contribution in [0.25, 0.3) is 11.5 Å². The molecule has 1 heterocycles. The van der Waals surface area contributed by atoms with Crippen LogP contribution in [-0.2, 0) is 4.79 Å². The summed E-state index contributed by atoms with van der Waals surface area (Å²) >= 11 is 0. The summed E-state index contributed by atoms with van der Waals surface area (Å²) in [5.74, 6) is 0.114. The molecule has 0 saturated heterocycles. The summed E-state index contributed by atoms with van der Waals surface area (Å²) in [6, 6.07) is 14.4. The van der Waals surface area contributed by atoms with Gasteiger partial charge in [0, 0.05) is 29.7 Å². The second-order valence-electron chi connectivity index (χ2n) is 5.66. The van der Waals surface area contributed by atoms with Crippen molar-refractivity contribution in [1.29, 1.82) is 0 Å². The van der Waals surface area contributed by atoms with E-state index in [1.165, 1.54) is 6.39 Å². The number of hydrogen-bond donors (Lipinski definition) is 1. The fourth-order valence-electron chi connectivity index (χ4n) is 2.36. The fourth-order valence-corrected chi connectivity index (χ4v) is 2.36. The third kappa shape index (κ3) is 4.38. The molecule has 0 saturated carbocycles. The number of aryl methyl sites for hydroxylation is 1. The van der Waals surface area contributed by atoms with Crippen LogP contribution in [0.5, 0.6) is 0 Å². The Hall–Kier alpha value is -3.28. The molecule has 0 bridgehead atoms. The Bertz CT molecular complexity index is 871. The summed E-state index contributed by atoms with van der Waals surface area (Å²) in [6.45, 7) is 1.96. The lowest BCUT2D eigenvalue weighted by molar-refractivity contribution is -0.116. The highest BCUT2D eigenvalue weighted by Crippen LogP contribution is 2.20. The van der Waals surface area contributed by atoms with Gasteiger partial charge >= 0.3 is 0 Å². The molecule has 1 aromatic heterocycles. The predicted molar refractivity (Wildman–Crippen MR) is 93.1 cm³/mol. The van der Waals surface area contributed by atoms with E-state index < -0.39 is 0 Å². The third-order valence-electron chi connectivity index (χ3n) is 3.71. The molecule has 0 fully saturated rings. The monoisotopic (exact) mass is 335 g/mol. The van der Waals surface area contributed by atoms with Gasteiger partial charge in [0.25, 0.3) is 0 Å². The average Bonchev–Trinajstić information content (AvgIpc) is 3.15. The zero-order valence-corrected chi connectivity index (χ0v) is 13.7. The van der Waals surface area contributed by atoms with E-state index in [4.69, 9.17) is 4.42 Å². The molecule has 25 heavy (non-hydrogen) atoms. The number of amides is 1. The Morgan fingerprint density at radius 1 is 1.08 bits per heavy atom. The van der Waals surface area contributed by atoms with E-state index in [-0.39, 0.29) is 24.5 Å². The van der Waals surface area contributed by atoms with Crippen LogP contribution in [-0.4, -0.2) is 21.9 Å². The first-order valence-corrected chi connectivity index (χ1v) is 7.88. The van der Waals surface area contributed by atoms with Gasteiger partial charge in [-0.2, -0.15) is 0 Å². The molecule has 1 amide bonds. The SMILES string of the molecule is Cc1ccc(C(=O)CCC(=O)Nc2cccc(-c3nnco3)c2)cc1. The number of Topliss-reactive ketones (excluding diaryl/α,β-unsaturated/α-hetero) is 1. The molecule has 0 aliphatic heterocycles. The molecule has 0 spiro atoms. The van der Waals surface area contributed by atoms with E-state index in [2.05, 4.69) is 15.5 Å². The van der Waals surface area contributed by atoms with Crippen molar-refractivity contribution < 1.29 is 14.0 Å². The number of carbonyl (C=O) groups is 2. The van der Waals surface area contributed by atoms with Gasteiger partial charge in [-0.1, -0.05) is 35.9 Å². The van der Waals surface area contributed by atoms with Gasteiger partial charge in [0.1, 0.15) is 0 Å². The van der Waals surface area contributed by atoms with Gasteiger partial charge in [-0.25, -0.2) is 0 Å². The van der Waals surface area contributed by atoms with Crippen LogP contribution >= 0.6 is 0 Å². The molecule has 3 aromatic rings. The van der Waals surface area contributed by atoms with Crippen molar-refractivity contribution >= 4 is 17.4 Å². The van der Waals surface area contributed by atoms with Crippen molar-refractivity contribution in [3.63, 3.8) is 0 Å². The van der Waals surface area contributed by atoms with Crippen molar-refractivity contribution in [3.05, 3.63) is 66.1 Å². The van der Waals surface area contributed by atoms with E-state index in [1.54, 1.807) is 30.3 Å². The Morgan fingerprint density at radius 2 is 1.88 bits per heavy atom. The molecule has 126 valence electrons. The van der Waals surface area contributed by atoms with Crippen molar-refractivity contribution in [3.8, 4) is 11.5 Å². The number of aromatic nitrogens is 2. The van der Waals surface area contributed by atoms with Crippen LogP contribution in [0.3, 0.4) is 0 Å². The van der Waals surface area contributed by atoms with Gasteiger partial charge in [0.05, 0.1) is 0 Å². The van der Waals surface area contributed by atoms with Gasteiger partial charge in [-0.15, -0.1) is 10.2 Å². The maximum absolute atomic E-state index is 12.1. The Labute approximate surface area is 144 Å². The zero-order valence-electron chi connectivity index (χ0n) is 13.7. The molecule has 0 unspecified atom stereocenters. The molecule has 0 atom stereocenters. The van der Waals surface area contributed by atoms with Crippen LogP contribution in [0.1, 0.15) is 28.8 Å².